The fourth-order valence-corrected chi connectivity index (χ4v) is 4.87. The van der Waals surface area contributed by atoms with E-state index in [0.717, 1.165) is 0 Å². The van der Waals surface area contributed by atoms with Crippen LogP contribution < -0.4 is 0 Å². The standard InChI is InChI=1S/C12H15BrClNO3S/c13-15(9-5-7-10(16)8-6-9)19(17,18)12-4-2-1-3-11(12)14/h1-4,9-10,16H,5-8H2. The van der Waals surface area contributed by atoms with Crippen molar-refractivity contribution in [2.75, 3.05) is 0 Å². The second-order valence-corrected chi connectivity index (χ2v) is 8.06. The Morgan fingerprint density at radius 1 is 1.21 bits per heavy atom. The number of halogens is 2. The maximum atomic E-state index is 12.5. The van der Waals surface area contributed by atoms with Gasteiger partial charge in [0.05, 0.1) is 11.1 Å². The lowest BCUT2D eigenvalue weighted by Gasteiger charge is -2.30. The quantitative estimate of drug-likeness (QED) is 0.835. The minimum atomic E-state index is -3.65. The van der Waals surface area contributed by atoms with Gasteiger partial charge in [0, 0.05) is 22.2 Å². The zero-order valence-electron chi connectivity index (χ0n) is 10.2. The van der Waals surface area contributed by atoms with Gasteiger partial charge in [0.1, 0.15) is 4.90 Å². The first-order valence-corrected chi connectivity index (χ1v) is 8.58. The van der Waals surface area contributed by atoms with Gasteiger partial charge in [0.2, 0.25) is 0 Å². The lowest BCUT2D eigenvalue weighted by molar-refractivity contribution is 0.113. The van der Waals surface area contributed by atoms with E-state index in [9.17, 15) is 13.5 Å². The molecular weight excluding hydrogens is 354 g/mol. The predicted octanol–water partition coefficient (Wildman–Crippen LogP) is 2.94. The van der Waals surface area contributed by atoms with E-state index in [-0.39, 0.29) is 22.1 Å². The average molecular weight is 369 g/mol. The molecular formula is C12H15BrClNO3S. The second-order valence-electron chi connectivity index (χ2n) is 4.64. The van der Waals surface area contributed by atoms with Crippen LogP contribution in [0.25, 0.3) is 0 Å². The van der Waals surface area contributed by atoms with Gasteiger partial charge in [-0.25, -0.2) is 8.42 Å². The Kier molecular flexibility index (Phi) is 4.89. The van der Waals surface area contributed by atoms with Crippen LogP contribution in [-0.4, -0.2) is 29.0 Å². The minimum absolute atomic E-state index is 0.0969. The highest BCUT2D eigenvalue weighted by molar-refractivity contribution is 9.08. The van der Waals surface area contributed by atoms with Crippen molar-refractivity contribution in [2.45, 2.75) is 42.7 Å². The molecule has 0 aromatic heterocycles. The summed E-state index contributed by atoms with van der Waals surface area (Å²) in [5.74, 6) is 0. The molecule has 19 heavy (non-hydrogen) atoms. The Morgan fingerprint density at radius 3 is 2.37 bits per heavy atom. The summed E-state index contributed by atoms with van der Waals surface area (Å²) in [5.41, 5.74) is 0. The first-order valence-electron chi connectivity index (χ1n) is 6.05. The highest BCUT2D eigenvalue weighted by atomic mass is 79.9. The number of aliphatic hydroxyl groups excluding tert-OH is 1. The molecule has 0 radical (unpaired) electrons. The molecule has 106 valence electrons. The Bertz CT molecular complexity index is 544. The summed E-state index contributed by atoms with van der Waals surface area (Å²) in [6.07, 6.45) is 2.18. The highest BCUT2D eigenvalue weighted by Crippen LogP contribution is 2.32. The molecule has 0 bridgehead atoms. The number of sulfonamides is 1. The van der Waals surface area contributed by atoms with Crippen molar-refractivity contribution in [1.82, 2.24) is 3.33 Å². The van der Waals surface area contributed by atoms with Crippen molar-refractivity contribution >= 4 is 37.8 Å². The molecule has 0 atom stereocenters. The number of hydrogen-bond acceptors (Lipinski definition) is 3. The molecule has 0 amide bonds. The monoisotopic (exact) mass is 367 g/mol. The topological polar surface area (TPSA) is 57.6 Å². The molecule has 1 fully saturated rings. The molecule has 1 saturated carbocycles. The fraction of sp³-hybridized carbons (Fsp3) is 0.500. The van der Waals surface area contributed by atoms with Crippen LogP contribution in [0.3, 0.4) is 0 Å². The van der Waals surface area contributed by atoms with Crippen molar-refractivity contribution in [3.8, 4) is 0 Å². The zero-order chi connectivity index (χ0) is 14.0. The molecule has 4 nitrogen and oxygen atoms in total. The van der Waals surface area contributed by atoms with Gasteiger partial charge in [-0.3, -0.25) is 0 Å². The van der Waals surface area contributed by atoms with E-state index in [1.54, 1.807) is 18.2 Å². The molecule has 7 heteroatoms. The maximum absolute atomic E-state index is 12.5. The van der Waals surface area contributed by atoms with Crippen molar-refractivity contribution < 1.29 is 13.5 Å². The van der Waals surface area contributed by atoms with Gasteiger partial charge in [-0.1, -0.05) is 23.7 Å². The Morgan fingerprint density at radius 2 is 1.79 bits per heavy atom. The molecule has 0 unspecified atom stereocenters. The number of rotatable bonds is 3. The zero-order valence-corrected chi connectivity index (χ0v) is 13.3. The van der Waals surface area contributed by atoms with E-state index in [2.05, 4.69) is 16.1 Å². The fourth-order valence-electron chi connectivity index (χ4n) is 2.21. The molecule has 0 saturated heterocycles. The van der Waals surface area contributed by atoms with E-state index < -0.39 is 10.0 Å². The normalized spacial score (nSPS) is 24.6. The Hall–Kier alpha value is -0.140. The van der Waals surface area contributed by atoms with Crippen molar-refractivity contribution in [1.29, 1.82) is 0 Å². The highest BCUT2D eigenvalue weighted by Gasteiger charge is 2.33. The number of hydrogen-bond donors (Lipinski definition) is 1. The molecule has 1 aromatic carbocycles. The predicted molar refractivity (Wildman–Crippen MR) is 77.7 cm³/mol. The first-order chi connectivity index (χ1) is 8.93. The van der Waals surface area contributed by atoms with Crippen LogP contribution in [0.4, 0.5) is 0 Å². The summed E-state index contributed by atoms with van der Waals surface area (Å²) in [5, 5.41) is 9.68. The van der Waals surface area contributed by atoms with Crippen LogP contribution in [0.15, 0.2) is 29.2 Å². The summed E-state index contributed by atoms with van der Waals surface area (Å²) in [7, 11) is -3.65. The third-order valence-electron chi connectivity index (χ3n) is 3.30. The Balaban J connectivity index is 2.23. The Labute approximate surface area is 126 Å². The second kappa shape index (κ2) is 6.10. The third kappa shape index (κ3) is 3.31. The van der Waals surface area contributed by atoms with Gasteiger partial charge in [-0.2, -0.15) is 0 Å². The summed E-state index contributed by atoms with van der Waals surface area (Å²) >= 11 is 9.11. The van der Waals surface area contributed by atoms with Crippen LogP contribution >= 0.6 is 27.7 Å². The van der Waals surface area contributed by atoms with Crippen LogP contribution in [0.5, 0.6) is 0 Å². The molecule has 0 aliphatic heterocycles. The lowest BCUT2D eigenvalue weighted by Crippen LogP contribution is -2.36. The largest absolute Gasteiger partial charge is 0.393 e. The van der Waals surface area contributed by atoms with Crippen molar-refractivity contribution in [2.24, 2.45) is 0 Å². The lowest BCUT2D eigenvalue weighted by atomic mass is 9.94. The maximum Gasteiger partial charge on any atom is 0.254 e. The van der Waals surface area contributed by atoms with E-state index >= 15 is 0 Å². The number of aliphatic hydroxyl groups is 1. The van der Waals surface area contributed by atoms with E-state index in [1.165, 1.54) is 9.40 Å². The van der Waals surface area contributed by atoms with Crippen molar-refractivity contribution in [3.05, 3.63) is 29.3 Å². The van der Waals surface area contributed by atoms with Gasteiger partial charge in [0.25, 0.3) is 10.0 Å². The van der Waals surface area contributed by atoms with Crippen LogP contribution in [0.1, 0.15) is 25.7 Å². The smallest absolute Gasteiger partial charge is 0.254 e. The van der Waals surface area contributed by atoms with E-state index in [1.807, 2.05) is 0 Å². The molecule has 2 rings (SSSR count). The summed E-state index contributed by atoms with van der Waals surface area (Å²) < 4.78 is 26.1. The SMILES string of the molecule is O=S(=O)(c1ccccc1Cl)N(Br)C1CCC(O)CC1. The number of benzene rings is 1. The molecule has 1 aromatic rings. The number of nitrogens with zero attached hydrogens (tertiary/aromatic N) is 1. The van der Waals surface area contributed by atoms with Gasteiger partial charge < -0.3 is 5.11 Å². The van der Waals surface area contributed by atoms with Crippen LogP contribution in [0.2, 0.25) is 5.02 Å². The van der Waals surface area contributed by atoms with E-state index in [0.29, 0.717) is 25.7 Å². The summed E-state index contributed by atoms with van der Waals surface area (Å²) in [4.78, 5) is 0.0969. The average Bonchev–Trinajstić information content (AvgIpc) is 2.39. The molecule has 1 aliphatic carbocycles. The van der Waals surface area contributed by atoms with Crippen LogP contribution in [-0.2, 0) is 10.0 Å². The van der Waals surface area contributed by atoms with Crippen molar-refractivity contribution in [3.63, 3.8) is 0 Å². The van der Waals surface area contributed by atoms with Gasteiger partial charge in [-0.15, -0.1) is 3.33 Å². The third-order valence-corrected chi connectivity index (χ3v) is 7.13. The summed E-state index contributed by atoms with van der Waals surface area (Å²) in [6.45, 7) is 0. The molecule has 1 N–H and O–H groups in total. The van der Waals surface area contributed by atoms with E-state index in [4.69, 9.17) is 11.6 Å². The van der Waals surface area contributed by atoms with Gasteiger partial charge in [0.15, 0.2) is 0 Å². The summed E-state index contributed by atoms with van der Waals surface area (Å²) in [6, 6.07) is 6.23. The van der Waals surface area contributed by atoms with Gasteiger partial charge >= 0.3 is 0 Å². The molecule has 0 heterocycles. The van der Waals surface area contributed by atoms with Crippen LogP contribution in [0, 0.1) is 0 Å². The molecule has 1 aliphatic rings. The van der Waals surface area contributed by atoms with Gasteiger partial charge in [-0.05, 0) is 37.8 Å². The molecule has 0 spiro atoms. The minimum Gasteiger partial charge on any atom is -0.393 e. The first kappa shape index (κ1) is 15.3.